The van der Waals surface area contributed by atoms with Crippen molar-refractivity contribution in [2.75, 3.05) is 6.26 Å². The van der Waals surface area contributed by atoms with Crippen LogP contribution >= 0.6 is 23.4 Å². The van der Waals surface area contributed by atoms with Crippen LogP contribution in [0, 0.1) is 0 Å². The van der Waals surface area contributed by atoms with Crippen molar-refractivity contribution in [1.82, 2.24) is 19.6 Å². The highest BCUT2D eigenvalue weighted by atomic mass is 35.5. The molecular weight excluding hydrogens is 196 g/mol. The smallest absolute Gasteiger partial charge is 0.203 e. The van der Waals surface area contributed by atoms with Crippen molar-refractivity contribution >= 4 is 29.0 Å². The van der Waals surface area contributed by atoms with Crippen LogP contribution in [0.25, 0.3) is 5.65 Å². The van der Waals surface area contributed by atoms with E-state index in [0.29, 0.717) is 10.4 Å². The zero-order chi connectivity index (χ0) is 8.55. The summed E-state index contributed by atoms with van der Waals surface area (Å²) in [5, 5.41) is 4.95. The van der Waals surface area contributed by atoms with Gasteiger partial charge in [-0.2, -0.15) is 14.6 Å². The molecule has 0 fully saturated rings. The lowest BCUT2D eigenvalue weighted by Crippen LogP contribution is -1.97. The summed E-state index contributed by atoms with van der Waals surface area (Å²) in [5.41, 5.74) is 0.722. The molecule has 6 heteroatoms. The van der Waals surface area contributed by atoms with Gasteiger partial charge in [-0.1, -0.05) is 11.8 Å². The molecule has 2 aromatic rings. The van der Waals surface area contributed by atoms with Gasteiger partial charge >= 0.3 is 0 Å². The maximum absolute atomic E-state index is 5.82. The Bertz CT molecular complexity index is 413. The number of aromatic nitrogens is 4. The molecule has 0 radical (unpaired) electrons. The lowest BCUT2D eigenvalue weighted by atomic mass is 10.7. The third-order valence-electron chi connectivity index (χ3n) is 1.38. The van der Waals surface area contributed by atoms with Gasteiger partial charge in [-0.15, -0.1) is 0 Å². The zero-order valence-corrected chi connectivity index (χ0v) is 7.80. The Morgan fingerprint density at radius 2 is 2.33 bits per heavy atom. The molecule has 0 bridgehead atoms. The summed E-state index contributed by atoms with van der Waals surface area (Å²) in [5.74, 6) is 0. The number of rotatable bonds is 1. The van der Waals surface area contributed by atoms with Gasteiger partial charge in [0.1, 0.15) is 0 Å². The van der Waals surface area contributed by atoms with Gasteiger partial charge < -0.3 is 0 Å². The molecule has 4 nitrogen and oxygen atoms in total. The van der Waals surface area contributed by atoms with Crippen molar-refractivity contribution in [2.24, 2.45) is 0 Å². The Morgan fingerprint density at radius 1 is 1.50 bits per heavy atom. The minimum atomic E-state index is 0.342. The van der Waals surface area contributed by atoms with Gasteiger partial charge in [-0.05, 0) is 17.9 Å². The standard InChI is InChI=1S/C6H5ClN4S/c1-12-6-9-4-2-3-8-11(4)5(7)10-6/h2-3H,1H3. The highest BCUT2D eigenvalue weighted by Crippen LogP contribution is 2.13. The molecule has 0 amide bonds. The Balaban J connectivity index is 2.75. The second-order valence-electron chi connectivity index (χ2n) is 2.08. The van der Waals surface area contributed by atoms with Crippen LogP contribution < -0.4 is 0 Å². The summed E-state index contributed by atoms with van der Waals surface area (Å²) >= 11 is 7.27. The summed E-state index contributed by atoms with van der Waals surface area (Å²) in [6.07, 6.45) is 3.54. The van der Waals surface area contributed by atoms with Gasteiger partial charge in [-0.25, -0.2) is 4.98 Å². The van der Waals surface area contributed by atoms with Gasteiger partial charge in [-0.3, -0.25) is 0 Å². The minimum Gasteiger partial charge on any atom is -0.203 e. The molecule has 62 valence electrons. The van der Waals surface area contributed by atoms with Crippen LogP contribution in [-0.4, -0.2) is 25.8 Å². The molecule has 0 saturated carbocycles. The van der Waals surface area contributed by atoms with E-state index >= 15 is 0 Å². The molecule has 0 N–H and O–H groups in total. The average molecular weight is 201 g/mol. The first kappa shape index (κ1) is 7.82. The first-order valence-electron chi connectivity index (χ1n) is 3.22. The largest absolute Gasteiger partial charge is 0.228 e. The number of thioether (sulfide) groups is 1. The number of fused-ring (bicyclic) bond motifs is 1. The Labute approximate surface area is 78.0 Å². The molecule has 0 aliphatic carbocycles. The van der Waals surface area contributed by atoms with Gasteiger partial charge in [0.05, 0.1) is 6.20 Å². The molecule has 0 aromatic carbocycles. The van der Waals surface area contributed by atoms with Crippen LogP contribution in [0.2, 0.25) is 5.28 Å². The highest BCUT2D eigenvalue weighted by Gasteiger charge is 2.03. The van der Waals surface area contributed by atoms with Crippen LogP contribution in [0.1, 0.15) is 0 Å². The van der Waals surface area contributed by atoms with Gasteiger partial charge in [0, 0.05) is 6.07 Å². The number of hydrogen-bond acceptors (Lipinski definition) is 4. The molecular formula is C6H5ClN4S. The van der Waals surface area contributed by atoms with Gasteiger partial charge in [0.2, 0.25) is 5.28 Å². The number of halogens is 1. The van der Waals surface area contributed by atoms with Crippen molar-refractivity contribution in [3.05, 3.63) is 17.5 Å². The van der Waals surface area contributed by atoms with E-state index in [1.165, 1.54) is 16.3 Å². The predicted molar refractivity (Wildman–Crippen MR) is 47.6 cm³/mol. The lowest BCUT2D eigenvalue weighted by molar-refractivity contribution is 0.836. The monoisotopic (exact) mass is 200 g/mol. The van der Waals surface area contributed by atoms with Crippen molar-refractivity contribution in [1.29, 1.82) is 0 Å². The second kappa shape index (κ2) is 2.91. The maximum atomic E-state index is 5.82. The maximum Gasteiger partial charge on any atom is 0.228 e. The van der Waals surface area contributed by atoms with Crippen LogP contribution in [0.3, 0.4) is 0 Å². The van der Waals surface area contributed by atoms with Crippen molar-refractivity contribution in [3.63, 3.8) is 0 Å². The van der Waals surface area contributed by atoms with E-state index in [1.54, 1.807) is 12.3 Å². The fourth-order valence-electron chi connectivity index (χ4n) is 0.864. The molecule has 0 atom stereocenters. The van der Waals surface area contributed by atoms with E-state index in [2.05, 4.69) is 15.1 Å². The Kier molecular flexibility index (Phi) is 1.90. The normalized spacial score (nSPS) is 10.8. The fourth-order valence-corrected chi connectivity index (χ4v) is 1.49. The first-order valence-corrected chi connectivity index (χ1v) is 4.83. The summed E-state index contributed by atoms with van der Waals surface area (Å²) in [6, 6.07) is 1.78. The van der Waals surface area contributed by atoms with Crippen LogP contribution in [-0.2, 0) is 0 Å². The fraction of sp³-hybridized carbons (Fsp3) is 0.167. The molecule has 0 unspecified atom stereocenters. The second-order valence-corrected chi connectivity index (χ2v) is 3.19. The summed E-state index contributed by atoms with van der Waals surface area (Å²) < 4.78 is 1.49. The summed E-state index contributed by atoms with van der Waals surface area (Å²) in [4.78, 5) is 8.19. The molecule has 0 aliphatic heterocycles. The Hall–Kier alpha value is -0.810. The molecule has 0 spiro atoms. The van der Waals surface area contributed by atoms with E-state index in [1.807, 2.05) is 6.26 Å². The average Bonchev–Trinajstić information content (AvgIpc) is 2.52. The quantitative estimate of drug-likeness (QED) is 0.655. The van der Waals surface area contributed by atoms with E-state index in [-0.39, 0.29) is 0 Å². The van der Waals surface area contributed by atoms with Gasteiger partial charge in [0.25, 0.3) is 0 Å². The molecule has 2 rings (SSSR count). The third-order valence-corrected chi connectivity index (χ3v) is 2.17. The van der Waals surface area contributed by atoms with E-state index in [9.17, 15) is 0 Å². The number of nitrogens with zero attached hydrogens (tertiary/aromatic N) is 4. The number of hydrogen-bond donors (Lipinski definition) is 0. The van der Waals surface area contributed by atoms with E-state index in [4.69, 9.17) is 11.6 Å². The van der Waals surface area contributed by atoms with E-state index < -0.39 is 0 Å². The SMILES string of the molecule is CSc1nc(Cl)n2nccc2n1. The van der Waals surface area contributed by atoms with Crippen molar-refractivity contribution in [2.45, 2.75) is 5.16 Å². The topological polar surface area (TPSA) is 43.1 Å². The summed E-state index contributed by atoms with van der Waals surface area (Å²) in [6.45, 7) is 0. The molecule has 2 heterocycles. The van der Waals surface area contributed by atoms with E-state index in [0.717, 1.165) is 5.65 Å². The summed E-state index contributed by atoms with van der Waals surface area (Å²) in [7, 11) is 0. The lowest BCUT2D eigenvalue weighted by Gasteiger charge is -1.97. The predicted octanol–water partition coefficient (Wildman–Crippen LogP) is 1.50. The molecule has 2 aromatic heterocycles. The molecule has 0 saturated heterocycles. The van der Waals surface area contributed by atoms with Crippen molar-refractivity contribution < 1.29 is 0 Å². The molecule has 12 heavy (non-hydrogen) atoms. The molecule has 0 aliphatic rings. The van der Waals surface area contributed by atoms with Crippen LogP contribution in [0.5, 0.6) is 0 Å². The highest BCUT2D eigenvalue weighted by molar-refractivity contribution is 7.98. The zero-order valence-electron chi connectivity index (χ0n) is 6.23. The first-order chi connectivity index (χ1) is 5.81. The van der Waals surface area contributed by atoms with Crippen molar-refractivity contribution in [3.8, 4) is 0 Å². The minimum absolute atomic E-state index is 0.342. The van der Waals surface area contributed by atoms with Crippen LogP contribution in [0.15, 0.2) is 17.4 Å². The third kappa shape index (κ3) is 1.15. The van der Waals surface area contributed by atoms with Crippen LogP contribution in [0.4, 0.5) is 0 Å². The van der Waals surface area contributed by atoms with Gasteiger partial charge in [0.15, 0.2) is 10.8 Å². The Morgan fingerprint density at radius 3 is 3.08 bits per heavy atom.